The van der Waals surface area contributed by atoms with Crippen LogP contribution in [0, 0.1) is 0 Å². The number of carbonyl (C=O) groups is 1. The van der Waals surface area contributed by atoms with Crippen molar-refractivity contribution in [2.75, 3.05) is 5.32 Å². The summed E-state index contributed by atoms with van der Waals surface area (Å²) in [6.45, 7) is 7.23. The fourth-order valence-electron chi connectivity index (χ4n) is 3.90. The summed E-state index contributed by atoms with van der Waals surface area (Å²) in [6, 6.07) is 6.64. The van der Waals surface area contributed by atoms with Crippen LogP contribution in [0.4, 0.5) is 14.5 Å². The second kappa shape index (κ2) is 7.37. The maximum absolute atomic E-state index is 14.3. The van der Waals surface area contributed by atoms with E-state index >= 15 is 0 Å². The van der Waals surface area contributed by atoms with Crippen molar-refractivity contribution in [2.45, 2.75) is 64.5 Å². The van der Waals surface area contributed by atoms with Gasteiger partial charge in [0.15, 0.2) is 0 Å². The molecule has 2 N–H and O–H groups in total. The highest BCUT2D eigenvalue weighted by Crippen LogP contribution is 2.39. The van der Waals surface area contributed by atoms with Crippen LogP contribution in [-0.4, -0.2) is 25.8 Å². The van der Waals surface area contributed by atoms with E-state index in [9.17, 15) is 18.7 Å². The van der Waals surface area contributed by atoms with Crippen molar-refractivity contribution >= 4 is 22.5 Å². The van der Waals surface area contributed by atoms with Crippen molar-refractivity contribution in [1.29, 1.82) is 0 Å². The molecule has 0 unspecified atom stereocenters. The molecule has 1 aliphatic carbocycles. The molecule has 31 heavy (non-hydrogen) atoms. The molecule has 0 bridgehead atoms. The van der Waals surface area contributed by atoms with Crippen molar-refractivity contribution in [1.82, 2.24) is 14.8 Å². The largest absolute Gasteiger partial charge is 0.386 e. The SMILES string of the molecule is CC(C)n1cc2cc(NC(=O)c3ccc4c(n3)C(F)(F)CCC4)c(C(C)(C)O)cc2n1. The van der Waals surface area contributed by atoms with E-state index in [1.165, 1.54) is 6.07 Å². The smallest absolute Gasteiger partial charge is 0.290 e. The number of nitrogens with one attached hydrogen (secondary N) is 1. The quantitative estimate of drug-likeness (QED) is 0.618. The first-order valence-electron chi connectivity index (χ1n) is 10.4. The number of anilines is 1. The highest BCUT2D eigenvalue weighted by Gasteiger charge is 2.38. The van der Waals surface area contributed by atoms with Gasteiger partial charge in [0.2, 0.25) is 0 Å². The van der Waals surface area contributed by atoms with Crippen LogP contribution >= 0.6 is 0 Å². The molecule has 1 aliphatic rings. The molecule has 4 rings (SSSR count). The number of carbonyl (C=O) groups excluding carboxylic acids is 1. The van der Waals surface area contributed by atoms with E-state index in [0.717, 1.165) is 5.39 Å². The van der Waals surface area contributed by atoms with Gasteiger partial charge in [0.05, 0.1) is 11.1 Å². The molecule has 8 heteroatoms. The first-order chi connectivity index (χ1) is 14.5. The number of hydrogen-bond acceptors (Lipinski definition) is 4. The molecule has 0 saturated heterocycles. The third-order valence-electron chi connectivity index (χ3n) is 5.59. The van der Waals surface area contributed by atoms with Gasteiger partial charge >= 0.3 is 0 Å². The lowest BCUT2D eigenvalue weighted by Crippen LogP contribution is -2.26. The minimum atomic E-state index is -3.04. The van der Waals surface area contributed by atoms with E-state index in [0.29, 0.717) is 35.2 Å². The number of nitrogens with zero attached hydrogens (tertiary/aromatic N) is 3. The Hall–Kier alpha value is -2.87. The van der Waals surface area contributed by atoms with Gasteiger partial charge in [-0.2, -0.15) is 13.9 Å². The lowest BCUT2D eigenvalue weighted by atomic mass is 9.92. The summed E-state index contributed by atoms with van der Waals surface area (Å²) in [6.07, 6.45) is 2.52. The second-order valence-electron chi connectivity index (χ2n) is 8.93. The van der Waals surface area contributed by atoms with E-state index in [-0.39, 0.29) is 23.9 Å². The second-order valence-corrected chi connectivity index (χ2v) is 8.93. The molecule has 1 amide bonds. The average molecular weight is 428 g/mol. The van der Waals surface area contributed by atoms with Crippen molar-refractivity contribution in [3.05, 3.63) is 53.0 Å². The van der Waals surface area contributed by atoms with E-state index in [4.69, 9.17) is 0 Å². The zero-order valence-electron chi connectivity index (χ0n) is 18.0. The minimum Gasteiger partial charge on any atom is -0.386 e. The molecule has 0 spiro atoms. The highest BCUT2D eigenvalue weighted by molar-refractivity contribution is 6.04. The zero-order chi connectivity index (χ0) is 22.6. The lowest BCUT2D eigenvalue weighted by molar-refractivity contribution is -0.0263. The fourth-order valence-corrected chi connectivity index (χ4v) is 3.90. The predicted octanol–water partition coefficient (Wildman–Crippen LogP) is 4.92. The topological polar surface area (TPSA) is 80.0 Å². The fraction of sp³-hybridized carbons (Fsp3) is 0.435. The van der Waals surface area contributed by atoms with Gasteiger partial charge in [-0.05, 0) is 64.3 Å². The van der Waals surface area contributed by atoms with Crippen LogP contribution in [0.15, 0.2) is 30.5 Å². The number of halogens is 2. The molecule has 2 aromatic heterocycles. The molecule has 0 atom stereocenters. The van der Waals surface area contributed by atoms with Crippen LogP contribution in [0.2, 0.25) is 0 Å². The molecule has 6 nitrogen and oxygen atoms in total. The molecule has 2 heterocycles. The normalized spacial score (nSPS) is 15.9. The summed E-state index contributed by atoms with van der Waals surface area (Å²) in [7, 11) is 0. The first kappa shape index (κ1) is 21.4. The summed E-state index contributed by atoms with van der Waals surface area (Å²) in [4.78, 5) is 16.9. The number of rotatable bonds is 4. The molecule has 164 valence electrons. The number of alkyl halides is 2. The van der Waals surface area contributed by atoms with Crippen molar-refractivity contribution in [2.24, 2.45) is 0 Å². The Labute approximate surface area is 179 Å². The highest BCUT2D eigenvalue weighted by atomic mass is 19.3. The number of benzene rings is 1. The van der Waals surface area contributed by atoms with Gasteiger partial charge in [0, 0.05) is 35.3 Å². The number of fused-ring (bicyclic) bond motifs is 2. The van der Waals surface area contributed by atoms with Gasteiger partial charge in [0.25, 0.3) is 11.8 Å². The lowest BCUT2D eigenvalue weighted by Gasteiger charge is -2.24. The van der Waals surface area contributed by atoms with Crippen LogP contribution < -0.4 is 5.32 Å². The van der Waals surface area contributed by atoms with Gasteiger partial charge in [-0.1, -0.05) is 6.07 Å². The summed E-state index contributed by atoms with van der Waals surface area (Å²) in [5.41, 5.74) is 0.380. The third kappa shape index (κ3) is 4.04. The summed E-state index contributed by atoms with van der Waals surface area (Å²) >= 11 is 0. The van der Waals surface area contributed by atoms with E-state index in [1.54, 1.807) is 36.7 Å². The monoisotopic (exact) mass is 428 g/mol. The Balaban J connectivity index is 1.73. The molecule has 0 radical (unpaired) electrons. The maximum atomic E-state index is 14.3. The van der Waals surface area contributed by atoms with Crippen molar-refractivity contribution < 1.29 is 18.7 Å². The molecular formula is C23H26F2N4O2. The molecule has 0 aliphatic heterocycles. The number of amides is 1. The van der Waals surface area contributed by atoms with Crippen LogP contribution in [0.3, 0.4) is 0 Å². The maximum Gasteiger partial charge on any atom is 0.290 e. The van der Waals surface area contributed by atoms with Gasteiger partial charge in [-0.25, -0.2) is 4.98 Å². The Morgan fingerprint density at radius 3 is 2.71 bits per heavy atom. The Morgan fingerprint density at radius 2 is 2.03 bits per heavy atom. The van der Waals surface area contributed by atoms with Crippen molar-refractivity contribution in [3.8, 4) is 0 Å². The number of aryl methyl sites for hydroxylation is 1. The van der Waals surface area contributed by atoms with E-state index in [2.05, 4.69) is 15.4 Å². The Bertz CT molecular complexity index is 1160. The van der Waals surface area contributed by atoms with Gasteiger partial charge < -0.3 is 10.4 Å². The van der Waals surface area contributed by atoms with Crippen LogP contribution in [0.1, 0.15) is 73.9 Å². The number of hydrogen-bond donors (Lipinski definition) is 2. The van der Waals surface area contributed by atoms with Crippen LogP contribution in [0.5, 0.6) is 0 Å². The van der Waals surface area contributed by atoms with Crippen LogP contribution in [-0.2, 0) is 17.9 Å². The predicted molar refractivity (Wildman–Crippen MR) is 114 cm³/mol. The number of aromatic nitrogens is 3. The third-order valence-corrected chi connectivity index (χ3v) is 5.59. The zero-order valence-corrected chi connectivity index (χ0v) is 18.0. The summed E-state index contributed by atoms with van der Waals surface area (Å²) in [5, 5.41) is 18.7. The number of pyridine rings is 1. The van der Waals surface area contributed by atoms with Crippen LogP contribution in [0.25, 0.3) is 10.9 Å². The summed E-state index contributed by atoms with van der Waals surface area (Å²) < 4.78 is 30.4. The van der Waals surface area contributed by atoms with Gasteiger partial charge in [0.1, 0.15) is 11.4 Å². The number of aliphatic hydroxyl groups is 1. The average Bonchev–Trinajstić information content (AvgIpc) is 3.09. The molecule has 0 saturated carbocycles. The molecule has 3 aromatic rings. The van der Waals surface area contributed by atoms with Crippen molar-refractivity contribution in [3.63, 3.8) is 0 Å². The minimum absolute atomic E-state index is 0.0833. The van der Waals surface area contributed by atoms with Gasteiger partial charge in [-0.15, -0.1) is 0 Å². The Morgan fingerprint density at radius 1 is 1.29 bits per heavy atom. The van der Waals surface area contributed by atoms with E-state index < -0.39 is 17.4 Å². The first-order valence-corrected chi connectivity index (χ1v) is 10.4. The molecule has 1 aromatic carbocycles. The van der Waals surface area contributed by atoms with E-state index in [1.807, 2.05) is 20.0 Å². The Kier molecular flexibility index (Phi) is 5.08. The molecular weight excluding hydrogens is 402 g/mol. The standard InChI is InChI=1S/C23H26F2N4O2/c1-13(2)29-12-15-10-19(16(22(3,4)31)11-18(15)28-29)27-21(30)17-8-7-14-6-5-9-23(24,25)20(14)26-17/h7-8,10-13,31H,5-6,9H2,1-4H3,(H,27,30). The summed E-state index contributed by atoms with van der Waals surface area (Å²) in [5.74, 6) is -3.64. The van der Waals surface area contributed by atoms with Gasteiger partial charge in [-0.3, -0.25) is 9.48 Å². The molecule has 0 fully saturated rings.